The number of anilines is 1. The highest BCUT2D eigenvalue weighted by Crippen LogP contribution is 2.18. The molecule has 0 saturated carbocycles. The summed E-state index contributed by atoms with van der Waals surface area (Å²) in [5.74, 6) is -3.46. The molecule has 2 aromatic rings. The van der Waals surface area contributed by atoms with Gasteiger partial charge in [-0.05, 0) is 12.1 Å². The molecule has 7 nitrogen and oxygen atoms in total. The normalized spacial score (nSPS) is 10.2. The number of halogens is 2. The van der Waals surface area contributed by atoms with Crippen LogP contribution in [0.5, 0.6) is 0 Å². The van der Waals surface area contributed by atoms with Gasteiger partial charge in [0, 0.05) is 17.7 Å². The molecule has 25 heavy (non-hydrogen) atoms. The third-order valence-corrected chi connectivity index (χ3v) is 3.09. The lowest BCUT2D eigenvalue weighted by Gasteiger charge is -2.08. The minimum absolute atomic E-state index is 0.141. The van der Waals surface area contributed by atoms with Gasteiger partial charge in [-0.15, -0.1) is 0 Å². The molecule has 130 valence electrons. The lowest BCUT2D eigenvalue weighted by Crippen LogP contribution is -2.22. The second-order valence-corrected chi connectivity index (χ2v) is 4.90. The van der Waals surface area contributed by atoms with E-state index in [4.69, 9.17) is 4.74 Å². The molecule has 0 atom stereocenters. The Hall–Kier alpha value is -3.36. The van der Waals surface area contributed by atoms with E-state index < -0.39 is 41.5 Å². The zero-order chi connectivity index (χ0) is 18.4. The van der Waals surface area contributed by atoms with Crippen LogP contribution in [0.2, 0.25) is 0 Å². The molecule has 1 N–H and O–H groups in total. The van der Waals surface area contributed by atoms with E-state index in [0.717, 1.165) is 12.1 Å². The number of rotatable bonds is 6. The highest BCUT2D eigenvalue weighted by Gasteiger charge is 2.17. The fraction of sp³-hybridized carbons (Fsp3) is 0.125. The van der Waals surface area contributed by atoms with Crippen molar-refractivity contribution >= 4 is 23.3 Å². The standard InChI is InChI=1S/C16H12F2N2O5/c17-11-5-6-13(12(18)8-11)19-15(21)9-25-16(22)7-10-3-1-2-4-14(10)20(23)24/h1-6,8H,7,9H2,(H,19,21). The second kappa shape index (κ2) is 7.95. The van der Waals surface area contributed by atoms with Crippen LogP contribution in [0, 0.1) is 21.7 Å². The third-order valence-electron chi connectivity index (χ3n) is 3.09. The quantitative estimate of drug-likeness (QED) is 0.490. The average molecular weight is 350 g/mol. The Morgan fingerprint density at radius 3 is 2.56 bits per heavy atom. The molecule has 0 aliphatic heterocycles. The number of para-hydroxylation sites is 1. The molecular formula is C16H12F2N2O5. The van der Waals surface area contributed by atoms with Crippen LogP contribution in [0.4, 0.5) is 20.2 Å². The summed E-state index contributed by atoms with van der Waals surface area (Å²) in [6.07, 6.45) is -0.394. The van der Waals surface area contributed by atoms with Crippen molar-refractivity contribution < 1.29 is 28.0 Å². The van der Waals surface area contributed by atoms with Crippen molar-refractivity contribution in [1.29, 1.82) is 0 Å². The fourth-order valence-electron chi connectivity index (χ4n) is 1.97. The summed E-state index contributed by atoms with van der Waals surface area (Å²) in [4.78, 5) is 33.6. The fourth-order valence-corrected chi connectivity index (χ4v) is 1.97. The average Bonchev–Trinajstić information content (AvgIpc) is 2.56. The van der Waals surface area contributed by atoms with Crippen LogP contribution in [0.1, 0.15) is 5.56 Å². The maximum absolute atomic E-state index is 13.4. The minimum atomic E-state index is -0.973. The first kappa shape index (κ1) is 18.0. The Balaban J connectivity index is 1.89. The number of benzene rings is 2. The number of nitrogens with one attached hydrogen (secondary N) is 1. The van der Waals surface area contributed by atoms with Crippen molar-refractivity contribution in [1.82, 2.24) is 0 Å². The number of ether oxygens (including phenoxy) is 1. The van der Waals surface area contributed by atoms with Crippen molar-refractivity contribution in [3.8, 4) is 0 Å². The minimum Gasteiger partial charge on any atom is -0.455 e. The van der Waals surface area contributed by atoms with E-state index in [0.29, 0.717) is 6.07 Å². The Bertz CT molecular complexity index is 826. The van der Waals surface area contributed by atoms with Crippen LogP contribution < -0.4 is 5.32 Å². The molecule has 9 heteroatoms. The molecule has 2 rings (SSSR count). The number of hydrogen-bond acceptors (Lipinski definition) is 5. The molecule has 0 bridgehead atoms. The van der Waals surface area contributed by atoms with Crippen LogP contribution >= 0.6 is 0 Å². The van der Waals surface area contributed by atoms with Gasteiger partial charge in [0.25, 0.3) is 11.6 Å². The SMILES string of the molecule is O=C(COC(=O)Cc1ccccc1[N+](=O)[O-])Nc1ccc(F)cc1F. The summed E-state index contributed by atoms with van der Waals surface area (Å²) in [6, 6.07) is 8.20. The van der Waals surface area contributed by atoms with E-state index in [1.54, 1.807) is 0 Å². The molecule has 0 saturated heterocycles. The number of hydrogen-bond donors (Lipinski definition) is 1. The summed E-state index contributed by atoms with van der Waals surface area (Å²) in [6.45, 7) is -0.712. The predicted molar refractivity (Wildman–Crippen MR) is 82.7 cm³/mol. The lowest BCUT2D eigenvalue weighted by molar-refractivity contribution is -0.385. The molecule has 0 aromatic heterocycles. The topological polar surface area (TPSA) is 98.5 Å². The zero-order valence-corrected chi connectivity index (χ0v) is 12.7. The summed E-state index contributed by atoms with van der Waals surface area (Å²) in [7, 11) is 0. The highest BCUT2D eigenvalue weighted by atomic mass is 19.1. The Labute approximate surface area is 140 Å². The summed E-state index contributed by atoms with van der Waals surface area (Å²) < 4.78 is 30.9. The van der Waals surface area contributed by atoms with Crippen molar-refractivity contribution in [2.24, 2.45) is 0 Å². The Morgan fingerprint density at radius 2 is 1.88 bits per heavy atom. The van der Waals surface area contributed by atoms with Gasteiger partial charge in [0.15, 0.2) is 6.61 Å². The van der Waals surface area contributed by atoms with Gasteiger partial charge in [-0.1, -0.05) is 18.2 Å². The van der Waals surface area contributed by atoms with Gasteiger partial charge in [-0.3, -0.25) is 19.7 Å². The van der Waals surface area contributed by atoms with E-state index in [1.165, 1.54) is 24.3 Å². The monoisotopic (exact) mass is 350 g/mol. The van der Waals surface area contributed by atoms with Gasteiger partial charge in [-0.2, -0.15) is 0 Å². The first-order valence-corrected chi connectivity index (χ1v) is 6.99. The van der Waals surface area contributed by atoms with Crippen LogP contribution in [0.15, 0.2) is 42.5 Å². The largest absolute Gasteiger partial charge is 0.455 e. The van der Waals surface area contributed by atoms with Crippen molar-refractivity contribution in [2.75, 3.05) is 11.9 Å². The van der Waals surface area contributed by atoms with Gasteiger partial charge < -0.3 is 10.1 Å². The van der Waals surface area contributed by atoms with E-state index in [2.05, 4.69) is 5.32 Å². The zero-order valence-electron chi connectivity index (χ0n) is 12.7. The van der Waals surface area contributed by atoms with Gasteiger partial charge in [0.1, 0.15) is 11.6 Å². The van der Waals surface area contributed by atoms with Crippen molar-refractivity contribution in [2.45, 2.75) is 6.42 Å². The second-order valence-electron chi connectivity index (χ2n) is 4.90. The van der Waals surface area contributed by atoms with Gasteiger partial charge in [0.2, 0.25) is 0 Å². The molecule has 0 spiro atoms. The highest BCUT2D eigenvalue weighted by molar-refractivity contribution is 5.93. The van der Waals surface area contributed by atoms with Gasteiger partial charge >= 0.3 is 5.97 Å². The maximum Gasteiger partial charge on any atom is 0.311 e. The predicted octanol–water partition coefficient (Wildman–Crippen LogP) is 2.60. The number of carbonyl (C=O) groups excluding carboxylic acids is 2. The van der Waals surface area contributed by atoms with E-state index in [1.807, 2.05) is 0 Å². The van der Waals surface area contributed by atoms with Crippen molar-refractivity contribution in [3.63, 3.8) is 0 Å². The Morgan fingerprint density at radius 1 is 1.16 bits per heavy atom. The molecule has 0 aliphatic carbocycles. The molecule has 0 aliphatic rings. The van der Waals surface area contributed by atoms with E-state index in [-0.39, 0.29) is 16.9 Å². The number of esters is 1. The van der Waals surface area contributed by atoms with Crippen LogP contribution in [0.25, 0.3) is 0 Å². The molecule has 0 heterocycles. The van der Waals surface area contributed by atoms with Crippen LogP contribution in [0.3, 0.4) is 0 Å². The first-order valence-electron chi connectivity index (χ1n) is 6.99. The molecular weight excluding hydrogens is 338 g/mol. The van der Waals surface area contributed by atoms with Gasteiger partial charge in [-0.25, -0.2) is 8.78 Å². The number of carbonyl (C=O) groups is 2. The van der Waals surface area contributed by atoms with Crippen LogP contribution in [-0.4, -0.2) is 23.4 Å². The molecule has 0 fully saturated rings. The molecule has 0 radical (unpaired) electrons. The molecule has 1 amide bonds. The van der Waals surface area contributed by atoms with Gasteiger partial charge in [0.05, 0.1) is 17.0 Å². The summed E-state index contributed by atoms with van der Waals surface area (Å²) >= 11 is 0. The third kappa shape index (κ3) is 5.06. The first-order chi connectivity index (χ1) is 11.9. The Kier molecular flexibility index (Phi) is 5.72. The number of nitro groups is 1. The molecule has 0 unspecified atom stereocenters. The van der Waals surface area contributed by atoms with Crippen molar-refractivity contribution in [3.05, 3.63) is 69.8 Å². The van der Waals surface area contributed by atoms with E-state index in [9.17, 15) is 28.5 Å². The summed E-state index contributed by atoms with van der Waals surface area (Å²) in [5.41, 5.74) is -0.360. The van der Waals surface area contributed by atoms with Crippen LogP contribution in [-0.2, 0) is 20.7 Å². The number of nitrogens with zero attached hydrogens (tertiary/aromatic N) is 1. The summed E-state index contributed by atoms with van der Waals surface area (Å²) in [5, 5.41) is 13.0. The smallest absolute Gasteiger partial charge is 0.311 e. The number of amides is 1. The van der Waals surface area contributed by atoms with E-state index >= 15 is 0 Å². The molecule has 2 aromatic carbocycles. The number of nitro benzene ring substituents is 1. The lowest BCUT2D eigenvalue weighted by atomic mass is 10.1. The maximum atomic E-state index is 13.4.